The van der Waals surface area contributed by atoms with Gasteiger partial charge in [-0.25, -0.2) is 4.79 Å². The van der Waals surface area contributed by atoms with Gasteiger partial charge in [0.2, 0.25) is 5.60 Å². The first kappa shape index (κ1) is 43.4. The van der Waals surface area contributed by atoms with E-state index in [9.17, 15) is 14.4 Å². The van der Waals surface area contributed by atoms with E-state index in [0.29, 0.717) is 13.0 Å². The predicted octanol–water partition coefficient (Wildman–Crippen LogP) is 11.0. The largest absolute Gasteiger partial charge is 0.462 e. The van der Waals surface area contributed by atoms with Crippen LogP contribution in [0.5, 0.6) is 0 Å². The summed E-state index contributed by atoms with van der Waals surface area (Å²) in [6.45, 7) is 15.5. The highest BCUT2D eigenvalue weighted by Crippen LogP contribution is 2.60. The Morgan fingerprint density at radius 2 is 0.894 bits per heavy atom. The highest BCUT2D eigenvalue weighted by Gasteiger charge is 2.54. The number of rotatable bonds is 9. The number of hydrogen-bond donors (Lipinski definition) is 0. The van der Waals surface area contributed by atoms with E-state index >= 15 is 0 Å². The third kappa shape index (κ3) is 9.35. The number of carbonyl (C=O) groups is 3. The number of ether oxygens (including phenoxy) is 3. The molecule has 0 radical (unpaired) electrons. The summed E-state index contributed by atoms with van der Waals surface area (Å²) in [6, 6.07) is 0. The normalized spacial score (nSPS) is 34.2. The standard InChI is InChI=1S/C21H34O4.C16H26O2.4CH4/c1-6-19(2,3)17(22)25-20(4,5)18(23)24-13-21-10-14-7-15(11-21)9-16(8-14)12-21;1-4-15(2,3)14(17)18-16-8-11-5-12(9-16)7-13(6-11)10-16;;;;/h14-16H,6-13H2,1-5H3;11-13H,4-10H2,1-3H3;4*1H4. The van der Waals surface area contributed by atoms with Crippen molar-refractivity contribution in [2.24, 2.45) is 51.8 Å². The highest BCUT2D eigenvalue weighted by molar-refractivity contribution is 5.84. The molecular weight excluding hydrogens is 588 g/mol. The number of esters is 3. The average Bonchev–Trinajstić information content (AvgIpc) is 2.90. The molecule has 0 unspecified atom stereocenters. The molecule has 0 N–H and O–H groups in total. The second-order valence-electron chi connectivity index (χ2n) is 17.9. The lowest BCUT2D eigenvalue weighted by Crippen LogP contribution is -2.53. The summed E-state index contributed by atoms with van der Waals surface area (Å²) < 4.78 is 17.3. The lowest BCUT2D eigenvalue weighted by atomic mass is 9.50. The molecule has 8 saturated carbocycles. The van der Waals surface area contributed by atoms with Gasteiger partial charge in [-0.15, -0.1) is 0 Å². The molecule has 8 aliphatic carbocycles. The minimum atomic E-state index is -1.23. The third-order valence-electron chi connectivity index (χ3n) is 12.7. The van der Waals surface area contributed by atoms with Gasteiger partial charge in [0.15, 0.2) is 0 Å². The molecule has 8 fully saturated rings. The van der Waals surface area contributed by atoms with E-state index in [1.54, 1.807) is 13.8 Å². The predicted molar refractivity (Wildman–Crippen MR) is 194 cm³/mol. The van der Waals surface area contributed by atoms with Crippen LogP contribution < -0.4 is 0 Å². The molecule has 47 heavy (non-hydrogen) atoms. The molecule has 6 nitrogen and oxygen atoms in total. The van der Waals surface area contributed by atoms with Crippen molar-refractivity contribution in [3.63, 3.8) is 0 Å². The van der Waals surface area contributed by atoms with E-state index in [2.05, 4.69) is 6.92 Å². The van der Waals surface area contributed by atoms with Crippen molar-refractivity contribution in [1.82, 2.24) is 0 Å². The minimum Gasteiger partial charge on any atom is -0.462 e. The van der Waals surface area contributed by atoms with Crippen LogP contribution in [0, 0.1) is 51.8 Å². The zero-order chi connectivity index (χ0) is 31.4. The Morgan fingerprint density at radius 3 is 1.26 bits per heavy atom. The lowest BCUT2D eigenvalue weighted by Gasteiger charge is -2.56. The minimum absolute atomic E-state index is 0. The smallest absolute Gasteiger partial charge is 0.350 e. The quantitative estimate of drug-likeness (QED) is 0.180. The monoisotopic (exact) mass is 665 g/mol. The van der Waals surface area contributed by atoms with E-state index in [1.807, 2.05) is 34.6 Å². The Bertz CT molecular complexity index is 997. The van der Waals surface area contributed by atoms with Crippen LogP contribution in [0.2, 0.25) is 0 Å². The van der Waals surface area contributed by atoms with Crippen molar-refractivity contribution in [3.05, 3.63) is 0 Å². The summed E-state index contributed by atoms with van der Waals surface area (Å²) in [7, 11) is 0. The molecule has 0 atom stereocenters. The molecule has 0 saturated heterocycles. The van der Waals surface area contributed by atoms with Gasteiger partial charge in [0.25, 0.3) is 0 Å². The van der Waals surface area contributed by atoms with Crippen LogP contribution in [0.15, 0.2) is 0 Å². The Labute approximate surface area is 290 Å². The van der Waals surface area contributed by atoms with Crippen molar-refractivity contribution >= 4 is 17.9 Å². The van der Waals surface area contributed by atoms with Gasteiger partial charge in [-0.05, 0) is 167 Å². The summed E-state index contributed by atoms with van der Waals surface area (Å²) in [5.74, 6) is 4.31. The fraction of sp³-hybridized carbons (Fsp3) is 0.927. The third-order valence-corrected chi connectivity index (χ3v) is 12.7. The summed E-state index contributed by atoms with van der Waals surface area (Å²) in [5, 5.41) is 0. The van der Waals surface area contributed by atoms with Crippen molar-refractivity contribution in [1.29, 1.82) is 0 Å². The first-order chi connectivity index (χ1) is 20.0. The first-order valence-corrected chi connectivity index (χ1v) is 17.6. The molecular formula is C41H76O6. The van der Waals surface area contributed by atoms with Gasteiger partial charge in [-0.3, -0.25) is 9.59 Å². The molecule has 0 amide bonds. The molecule has 0 aromatic rings. The van der Waals surface area contributed by atoms with Crippen LogP contribution in [-0.4, -0.2) is 35.7 Å². The fourth-order valence-corrected chi connectivity index (χ4v) is 10.1. The van der Waals surface area contributed by atoms with Gasteiger partial charge in [0.1, 0.15) is 5.60 Å². The highest BCUT2D eigenvalue weighted by atomic mass is 16.6. The van der Waals surface area contributed by atoms with Crippen LogP contribution in [0.25, 0.3) is 0 Å². The van der Waals surface area contributed by atoms with Crippen LogP contribution in [0.4, 0.5) is 0 Å². The van der Waals surface area contributed by atoms with E-state index < -0.39 is 17.0 Å². The second kappa shape index (κ2) is 15.5. The van der Waals surface area contributed by atoms with Crippen LogP contribution in [0.1, 0.15) is 175 Å². The van der Waals surface area contributed by atoms with Crippen molar-refractivity contribution in [3.8, 4) is 0 Å². The fourth-order valence-electron chi connectivity index (χ4n) is 10.1. The molecule has 8 aliphatic rings. The summed E-state index contributed by atoms with van der Waals surface area (Å²) in [4.78, 5) is 37.3. The Balaban J connectivity index is 0.000000450. The molecule has 0 spiro atoms. The average molecular weight is 665 g/mol. The zero-order valence-corrected chi connectivity index (χ0v) is 28.5. The molecule has 8 rings (SSSR count). The number of carbonyl (C=O) groups excluding carboxylic acids is 3. The number of hydrogen-bond acceptors (Lipinski definition) is 6. The van der Waals surface area contributed by atoms with Gasteiger partial charge in [0.05, 0.1) is 17.4 Å². The van der Waals surface area contributed by atoms with Gasteiger partial charge < -0.3 is 14.2 Å². The van der Waals surface area contributed by atoms with Crippen molar-refractivity contribution in [2.75, 3.05) is 6.61 Å². The van der Waals surface area contributed by atoms with Gasteiger partial charge >= 0.3 is 17.9 Å². The van der Waals surface area contributed by atoms with Crippen LogP contribution in [0.3, 0.4) is 0 Å². The van der Waals surface area contributed by atoms with E-state index in [0.717, 1.165) is 61.2 Å². The van der Waals surface area contributed by atoms with E-state index in [4.69, 9.17) is 14.2 Å². The maximum Gasteiger partial charge on any atom is 0.350 e. The molecule has 0 aliphatic heterocycles. The topological polar surface area (TPSA) is 78.9 Å². The Morgan fingerprint density at radius 1 is 0.553 bits per heavy atom. The summed E-state index contributed by atoms with van der Waals surface area (Å²) in [6.07, 6.45) is 16.9. The van der Waals surface area contributed by atoms with Crippen molar-refractivity contribution < 1.29 is 28.6 Å². The molecule has 8 bridgehead atoms. The zero-order valence-electron chi connectivity index (χ0n) is 28.5. The van der Waals surface area contributed by atoms with E-state index in [-0.39, 0.29) is 58.1 Å². The van der Waals surface area contributed by atoms with Crippen molar-refractivity contribution in [2.45, 2.75) is 186 Å². The van der Waals surface area contributed by atoms with E-state index in [1.165, 1.54) is 57.8 Å². The Hall–Kier alpha value is -1.59. The summed E-state index contributed by atoms with van der Waals surface area (Å²) >= 11 is 0. The molecule has 276 valence electrons. The second-order valence-corrected chi connectivity index (χ2v) is 17.9. The summed E-state index contributed by atoms with van der Waals surface area (Å²) in [5.41, 5.74) is -2.02. The maximum atomic E-state index is 12.6. The SMILES string of the molecule is C.C.C.C.CCC(C)(C)C(=O)OC(C)(C)C(=O)OCC12CC3CC(CC(C3)C1)C2.CCC(C)(C)C(=O)OC12CC3CC(CC(C3)C1)C2. The van der Waals surface area contributed by atoms with Gasteiger partial charge in [0, 0.05) is 5.41 Å². The van der Waals surface area contributed by atoms with Gasteiger partial charge in [-0.2, -0.15) is 0 Å². The van der Waals surface area contributed by atoms with Crippen LogP contribution >= 0.6 is 0 Å². The van der Waals surface area contributed by atoms with Crippen LogP contribution in [-0.2, 0) is 28.6 Å². The lowest BCUT2D eigenvalue weighted by molar-refractivity contribution is -0.196. The molecule has 0 heterocycles. The molecule has 6 heteroatoms. The maximum absolute atomic E-state index is 12.6. The molecule has 0 aromatic heterocycles. The van der Waals surface area contributed by atoms with Gasteiger partial charge in [-0.1, -0.05) is 43.6 Å². The molecule has 0 aromatic carbocycles. The first-order valence-electron chi connectivity index (χ1n) is 17.6. The Kier molecular flexibility index (Phi) is 14.4.